The van der Waals surface area contributed by atoms with Crippen LogP contribution in [0.15, 0.2) is 24.3 Å². The number of aromatic carboxylic acids is 1. The number of hydrogen-bond donors (Lipinski definition) is 0. The molecule has 1 aromatic carbocycles. The topological polar surface area (TPSA) is 57.9 Å². The van der Waals surface area contributed by atoms with E-state index in [4.69, 9.17) is 0 Å². The molecule has 1 aromatic heterocycles. The average molecular weight is 215 g/mol. The molecular formula is C12H11N2O2-. The van der Waals surface area contributed by atoms with Crippen molar-refractivity contribution in [2.45, 2.75) is 19.4 Å². The van der Waals surface area contributed by atoms with Crippen LogP contribution in [0.25, 0.3) is 11.0 Å². The molecule has 0 saturated heterocycles. The van der Waals surface area contributed by atoms with Crippen molar-refractivity contribution in [2.75, 3.05) is 0 Å². The van der Waals surface area contributed by atoms with E-state index in [-0.39, 0.29) is 5.82 Å². The molecule has 0 bridgehead atoms. The molecule has 1 fully saturated rings. The number of benzene rings is 1. The Morgan fingerprint density at radius 3 is 2.88 bits per heavy atom. The van der Waals surface area contributed by atoms with Gasteiger partial charge in [-0.25, -0.2) is 4.98 Å². The molecule has 2 aromatic rings. The summed E-state index contributed by atoms with van der Waals surface area (Å²) in [5, 5.41) is 11.0. The summed E-state index contributed by atoms with van der Waals surface area (Å²) >= 11 is 0. The second kappa shape index (κ2) is 3.33. The number of carbonyl (C=O) groups excluding carboxylic acids is 1. The van der Waals surface area contributed by atoms with Crippen molar-refractivity contribution in [1.29, 1.82) is 0 Å². The van der Waals surface area contributed by atoms with Crippen molar-refractivity contribution in [3.8, 4) is 0 Å². The first-order chi connectivity index (χ1) is 7.75. The third-order valence-electron chi connectivity index (χ3n) is 2.97. The number of para-hydroxylation sites is 2. The number of imidazole rings is 1. The highest BCUT2D eigenvalue weighted by Gasteiger charge is 2.24. The molecule has 1 saturated carbocycles. The van der Waals surface area contributed by atoms with Crippen LogP contribution in [-0.2, 0) is 6.54 Å². The standard InChI is InChI=1S/C12H12N2O2/c15-12(16)11-13-9-3-1-2-4-10(9)14(11)7-8-5-6-8/h1-4,8H,5-7H2,(H,15,16)/p-1. The Balaban J connectivity index is 2.18. The highest BCUT2D eigenvalue weighted by atomic mass is 16.4. The fraction of sp³-hybridized carbons (Fsp3) is 0.333. The highest BCUT2D eigenvalue weighted by molar-refractivity contribution is 5.88. The summed E-state index contributed by atoms with van der Waals surface area (Å²) in [6, 6.07) is 7.48. The number of nitrogens with zero attached hydrogens (tertiary/aromatic N) is 2. The van der Waals surface area contributed by atoms with Crippen LogP contribution in [0.1, 0.15) is 23.5 Å². The molecule has 4 heteroatoms. The van der Waals surface area contributed by atoms with Crippen molar-refractivity contribution in [1.82, 2.24) is 9.55 Å². The van der Waals surface area contributed by atoms with Crippen molar-refractivity contribution < 1.29 is 9.90 Å². The lowest BCUT2D eigenvalue weighted by atomic mass is 10.3. The van der Waals surface area contributed by atoms with Crippen molar-refractivity contribution in [2.24, 2.45) is 5.92 Å². The van der Waals surface area contributed by atoms with Gasteiger partial charge in [-0.3, -0.25) is 0 Å². The molecule has 1 heterocycles. The lowest BCUT2D eigenvalue weighted by Gasteiger charge is -2.08. The lowest BCUT2D eigenvalue weighted by Crippen LogP contribution is -2.26. The van der Waals surface area contributed by atoms with E-state index < -0.39 is 5.97 Å². The summed E-state index contributed by atoms with van der Waals surface area (Å²) in [5.74, 6) is -0.541. The zero-order valence-electron chi connectivity index (χ0n) is 8.72. The number of rotatable bonds is 3. The number of hydrogen-bond acceptors (Lipinski definition) is 3. The number of fused-ring (bicyclic) bond motifs is 1. The van der Waals surface area contributed by atoms with Crippen LogP contribution in [0.3, 0.4) is 0 Å². The normalized spacial score (nSPS) is 15.5. The molecule has 1 aliphatic carbocycles. The molecule has 3 rings (SSSR count). The summed E-state index contributed by atoms with van der Waals surface area (Å²) in [7, 11) is 0. The van der Waals surface area contributed by atoms with E-state index in [9.17, 15) is 9.90 Å². The number of carboxylic acids is 1. The third-order valence-corrected chi connectivity index (χ3v) is 2.97. The third kappa shape index (κ3) is 1.46. The molecule has 0 aliphatic heterocycles. The monoisotopic (exact) mass is 215 g/mol. The van der Waals surface area contributed by atoms with Gasteiger partial charge >= 0.3 is 0 Å². The predicted molar refractivity (Wildman–Crippen MR) is 56.8 cm³/mol. The van der Waals surface area contributed by atoms with E-state index in [1.54, 1.807) is 4.57 Å². The number of carboxylic acid groups (broad SMARTS) is 1. The molecule has 0 N–H and O–H groups in total. The molecule has 0 unspecified atom stereocenters. The van der Waals surface area contributed by atoms with Crippen LogP contribution in [0.2, 0.25) is 0 Å². The van der Waals surface area contributed by atoms with Gasteiger partial charge in [0.2, 0.25) is 0 Å². The summed E-state index contributed by atoms with van der Waals surface area (Å²) in [5.41, 5.74) is 1.61. The fourth-order valence-corrected chi connectivity index (χ4v) is 1.97. The van der Waals surface area contributed by atoms with Crippen molar-refractivity contribution in [3.63, 3.8) is 0 Å². The average Bonchev–Trinajstić information content (AvgIpc) is 3.00. The number of aromatic nitrogens is 2. The molecule has 4 nitrogen and oxygen atoms in total. The Hall–Kier alpha value is -1.84. The van der Waals surface area contributed by atoms with Crippen LogP contribution >= 0.6 is 0 Å². The van der Waals surface area contributed by atoms with Gasteiger partial charge in [-0.2, -0.15) is 0 Å². The molecule has 0 radical (unpaired) electrons. The Morgan fingerprint density at radius 1 is 1.44 bits per heavy atom. The van der Waals surface area contributed by atoms with Crippen molar-refractivity contribution in [3.05, 3.63) is 30.1 Å². The van der Waals surface area contributed by atoms with E-state index in [1.807, 2.05) is 24.3 Å². The van der Waals surface area contributed by atoms with Crippen LogP contribution in [0.4, 0.5) is 0 Å². The summed E-state index contributed by atoms with van der Waals surface area (Å²) in [4.78, 5) is 15.1. The van der Waals surface area contributed by atoms with Crippen LogP contribution in [0, 0.1) is 5.92 Å². The van der Waals surface area contributed by atoms with E-state index in [2.05, 4.69) is 4.98 Å². The molecule has 0 atom stereocenters. The Morgan fingerprint density at radius 2 is 2.19 bits per heavy atom. The van der Waals surface area contributed by atoms with Crippen LogP contribution in [-0.4, -0.2) is 15.5 Å². The largest absolute Gasteiger partial charge is 0.542 e. The first-order valence-electron chi connectivity index (χ1n) is 5.42. The van der Waals surface area contributed by atoms with E-state index >= 15 is 0 Å². The Labute approximate surface area is 92.5 Å². The van der Waals surface area contributed by atoms with E-state index in [0.717, 1.165) is 17.6 Å². The fourth-order valence-electron chi connectivity index (χ4n) is 1.97. The molecule has 0 amide bonds. The van der Waals surface area contributed by atoms with E-state index in [0.29, 0.717) is 5.92 Å². The maximum Gasteiger partial charge on any atom is 0.156 e. The SMILES string of the molecule is O=C([O-])c1nc2ccccc2n1CC1CC1. The predicted octanol–water partition coefficient (Wildman–Crippen LogP) is 0.810. The number of carbonyl (C=O) groups is 1. The highest BCUT2D eigenvalue weighted by Crippen LogP contribution is 2.32. The smallest absolute Gasteiger partial charge is 0.156 e. The summed E-state index contributed by atoms with van der Waals surface area (Å²) in [6.45, 7) is 0.740. The van der Waals surface area contributed by atoms with Gasteiger partial charge in [0.05, 0.1) is 11.0 Å². The van der Waals surface area contributed by atoms with Gasteiger partial charge in [-0.1, -0.05) is 12.1 Å². The van der Waals surface area contributed by atoms with Crippen molar-refractivity contribution >= 4 is 17.0 Å². The first-order valence-corrected chi connectivity index (χ1v) is 5.42. The van der Waals surface area contributed by atoms with Gasteiger partial charge in [-0.15, -0.1) is 0 Å². The maximum atomic E-state index is 11.0. The van der Waals surface area contributed by atoms with Gasteiger partial charge in [-0.05, 0) is 30.9 Å². The van der Waals surface area contributed by atoms with Gasteiger partial charge < -0.3 is 14.5 Å². The van der Waals surface area contributed by atoms with E-state index in [1.165, 1.54) is 12.8 Å². The minimum absolute atomic E-state index is 0.0492. The second-order valence-corrected chi connectivity index (χ2v) is 4.27. The zero-order chi connectivity index (χ0) is 11.1. The zero-order valence-corrected chi connectivity index (χ0v) is 8.72. The molecule has 16 heavy (non-hydrogen) atoms. The van der Waals surface area contributed by atoms with Crippen LogP contribution < -0.4 is 5.11 Å². The molecular weight excluding hydrogens is 204 g/mol. The van der Waals surface area contributed by atoms with Gasteiger partial charge in [0, 0.05) is 6.54 Å². The van der Waals surface area contributed by atoms with Gasteiger partial charge in [0.25, 0.3) is 0 Å². The minimum Gasteiger partial charge on any atom is -0.542 e. The Bertz CT molecular complexity index is 555. The summed E-state index contributed by atoms with van der Waals surface area (Å²) in [6.07, 6.45) is 2.36. The van der Waals surface area contributed by atoms with Crippen LogP contribution in [0.5, 0.6) is 0 Å². The quantitative estimate of drug-likeness (QED) is 0.761. The molecule has 0 spiro atoms. The minimum atomic E-state index is -1.20. The lowest BCUT2D eigenvalue weighted by molar-refractivity contribution is -0.256. The maximum absolute atomic E-state index is 11.0. The second-order valence-electron chi connectivity index (χ2n) is 4.27. The summed E-state index contributed by atoms with van der Waals surface area (Å²) < 4.78 is 1.77. The van der Waals surface area contributed by atoms with Gasteiger partial charge in [0.1, 0.15) is 5.97 Å². The van der Waals surface area contributed by atoms with Gasteiger partial charge in [0.15, 0.2) is 5.82 Å². The Kier molecular flexibility index (Phi) is 1.96. The molecule has 82 valence electrons. The molecule has 1 aliphatic rings. The first kappa shape index (κ1) is 9.39.